The summed E-state index contributed by atoms with van der Waals surface area (Å²) in [6, 6.07) is 8.19. The van der Waals surface area contributed by atoms with Crippen molar-refractivity contribution in [3.05, 3.63) is 28.7 Å². The fraction of sp³-hybridized carbons (Fsp3) is 0.500. The molecule has 15 heavy (non-hydrogen) atoms. The highest BCUT2D eigenvalue weighted by Crippen LogP contribution is 2.16. The Morgan fingerprint density at radius 1 is 1.33 bits per heavy atom. The lowest BCUT2D eigenvalue weighted by Gasteiger charge is -2.17. The number of benzene rings is 1. The Morgan fingerprint density at radius 3 is 2.53 bits per heavy atom. The molecule has 84 valence electrons. The first-order valence-electron chi connectivity index (χ1n) is 5.39. The van der Waals surface area contributed by atoms with Gasteiger partial charge in [0.2, 0.25) is 0 Å². The van der Waals surface area contributed by atoms with Gasteiger partial charge in [-0.2, -0.15) is 0 Å². The molecule has 0 aliphatic carbocycles. The average Bonchev–Trinajstić information content (AvgIpc) is 2.27. The fourth-order valence-corrected chi connectivity index (χ4v) is 1.71. The van der Waals surface area contributed by atoms with Crippen molar-refractivity contribution in [2.75, 3.05) is 11.9 Å². The van der Waals surface area contributed by atoms with Crippen LogP contribution in [0.2, 0.25) is 0 Å². The largest absolute Gasteiger partial charge is 0.394 e. The summed E-state index contributed by atoms with van der Waals surface area (Å²) in [5.41, 5.74) is 1.06. The standard InChI is InChI=1S/C12H18BrNO/c1-2-3-4-12(9-15)14-11-7-5-10(13)6-8-11/h5-8,12,14-15H,2-4,9H2,1H3. The van der Waals surface area contributed by atoms with Crippen molar-refractivity contribution < 1.29 is 5.11 Å². The van der Waals surface area contributed by atoms with Gasteiger partial charge in [-0.05, 0) is 30.7 Å². The first kappa shape index (κ1) is 12.5. The molecule has 1 aromatic carbocycles. The van der Waals surface area contributed by atoms with Crippen LogP contribution < -0.4 is 5.32 Å². The average molecular weight is 272 g/mol. The molecule has 1 atom stereocenters. The summed E-state index contributed by atoms with van der Waals surface area (Å²) < 4.78 is 1.07. The maximum absolute atomic E-state index is 9.20. The molecule has 0 aromatic heterocycles. The molecule has 0 bridgehead atoms. The SMILES string of the molecule is CCCCC(CO)Nc1ccc(Br)cc1. The van der Waals surface area contributed by atoms with Crippen molar-refractivity contribution in [3.63, 3.8) is 0 Å². The highest BCUT2D eigenvalue weighted by molar-refractivity contribution is 9.10. The smallest absolute Gasteiger partial charge is 0.0632 e. The lowest BCUT2D eigenvalue weighted by atomic mass is 10.1. The Balaban J connectivity index is 2.47. The maximum atomic E-state index is 9.20. The third-order valence-corrected chi connectivity index (χ3v) is 2.87. The molecule has 1 unspecified atom stereocenters. The summed E-state index contributed by atoms with van der Waals surface area (Å²) in [6.07, 6.45) is 3.33. The summed E-state index contributed by atoms with van der Waals surface area (Å²) in [5, 5.41) is 12.5. The van der Waals surface area contributed by atoms with Gasteiger partial charge in [-0.15, -0.1) is 0 Å². The molecule has 0 fully saturated rings. The zero-order chi connectivity index (χ0) is 11.1. The van der Waals surface area contributed by atoms with E-state index in [0.717, 1.165) is 23.0 Å². The predicted molar refractivity (Wildman–Crippen MR) is 68.2 cm³/mol. The number of anilines is 1. The van der Waals surface area contributed by atoms with Crippen LogP contribution in [0.1, 0.15) is 26.2 Å². The van der Waals surface area contributed by atoms with Crippen LogP contribution in [0.15, 0.2) is 28.7 Å². The molecule has 0 saturated carbocycles. The van der Waals surface area contributed by atoms with Crippen molar-refractivity contribution in [2.45, 2.75) is 32.2 Å². The lowest BCUT2D eigenvalue weighted by molar-refractivity contribution is 0.267. The molecule has 2 nitrogen and oxygen atoms in total. The molecule has 3 heteroatoms. The van der Waals surface area contributed by atoms with Crippen LogP contribution in [-0.4, -0.2) is 17.8 Å². The van der Waals surface area contributed by atoms with Crippen LogP contribution in [0.5, 0.6) is 0 Å². The highest BCUT2D eigenvalue weighted by atomic mass is 79.9. The van der Waals surface area contributed by atoms with Gasteiger partial charge in [0.25, 0.3) is 0 Å². The molecular formula is C12H18BrNO. The summed E-state index contributed by atoms with van der Waals surface area (Å²) in [6.45, 7) is 2.35. The summed E-state index contributed by atoms with van der Waals surface area (Å²) in [4.78, 5) is 0. The Bertz CT molecular complexity index is 273. The van der Waals surface area contributed by atoms with Gasteiger partial charge in [-0.25, -0.2) is 0 Å². The van der Waals surface area contributed by atoms with E-state index in [-0.39, 0.29) is 12.6 Å². The molecule has 0 saturated heterocycles. The van der Waals surface area contributed by atoms with Gasteiger partial charge in [-0.1, -0.05) is 35.7 Å². The highest BCUT2D eigenvalue weighted by Gasteiger charge is 2.05. The van der Waals surface area contributed by atoms with Crippen LogP contribution in [0.4, 0.5) is 5.69 Å². The van der Waals surface area contributed by atoms with Gasteiger partial charge in [0, 0.05) is 16.2 Å². The normalized spacial score (nSPS) is 12.5. The number of aliphatic hydroxyl groups excluding tert-OH is 1. The van der Waals surface area contributed by atoms with E-state index in [1.807, 2.05) is 24.3 Å². The molecule has 1 aromatic rings. The molecule has 0 heterocycles. The first-order chi connectivity index (χ1) is 7.26. The first-order valence-corrected chi connectivity index (χ1v) is 6.18. The van der Waals surface area contributed by atoms with E-state index in [9.17, 15) is 5.11 Å². The number of aliphatic hydroxyl groups is 1. The van der Waals surface area contributed by atoms with E-state index >= 15 is 0 Å². The molecule has 0 aliphatic heterocycles. The van der Waals surface area contributed by atoms with Gasteiger partial charge < -0.3 is 10.4 Å². The summed E-state index contributed by atoms with van der Waals surface area (Å²) in [5.74, 6) is 0. The van der Waals surface area contributed by atoms with Crippen LogP contribution >= 0.6 is 15.9 Å². The molecular weight excluding hydrogens is 254 g/mol. The second-order valence-corrected chi connectivity index (χ2v) is 4.59. The molecule has 2 N–H and O–H groups in total. The van der Waals surface area contributed by atoms with Crippen molar-refractivity contribution in [2.24, 2.45) is 0 Å². The molecule has 0 radical (unpaired) electrons. The fourth-order valence-electron chi connectivity index (χ4n) is 1.44. The van der Waals surface area contributed by atoms with Crippen LogP contribution in [0.3, 0.4) is 0 Å². The van der Waals surface area contributed by atoms with Gasteiger partial charge in [0.1, 0.15) is 0 Å². The van der Waals surface area contributed by atoms with Crippen molar-refractivity contribution in [1.82, 2.24) is 0 Å². The summed E-state index contributed by atoms with van der Waals surface area (Å²) in [7, 11) is 0. The molecule has 1 rings (SSSR count). The quantitative estimate of drug-likeness (QED) is 0.831. The topological polar surface area (TPSA) is 32.3 Å². The Kier molecular flexibility index (Phi) is 5.73. The van der Waals surface area contributed by atoms with Crippen LogP contribution in [0, 0.1) is 0 Å². The van der Waals surface area contributed by atoms with Crippen molar-refractivity contribution in [1.29, 1.82) is 0 Å². The third kappa shape index (κ3) is 4.67. The molecule has 0 amide bonds. The van der Waals surface area contributed by atoms with Crippen LogP contribution in [-0.2, 0) is 0 Å². The number of halogens is 1. The van der Waals surface area contributed by atoms with E-state index in [0.29, 0.717) is 0 Å². The van der Waals surface area contributed by atoms with Crippen LogP contribution in [0.25, 0.3) is 0 Å². The van der Waals surface area contributed by atoms with E-state index < -0.39 is 0 Å². The number of unbranched alkanes of at least 4 members (excludes halogenated alkanes) is 1. The minimum atomic E-state index is 0.172. The minimum absolute atomic E-state index is 0.172. The van der Waals surface area contributed by atoms with E-state index in [4.69, 9.17) is 0 Å². The lowest BCUT2D eigenvalue weighted by Crippen LogP contribution is -2.23. The maximum Gasteiger partial charge on any atom is 0.0632 e. The van der Waals surface area contributed by atoms with E-state index in [1.165, 1.54) is 6.42 Å². The number of rotatable bonds is 6. The van der Waals surface area contributed by atoms with E-state index in [2.05, 4.69) is 28.2 Å². The second kappa shape index (κ2) is 6.85. The Hall–Kier alpha value is -0.540. The van der Waals surface area contributed by atoms with Gasteiger partial charge >= 0.3 is 0 Å². The Labute approximate surface area is 99.8 Å². The third-order valence-electron chi connectivity index (χ3n) is 2.34. The van der Waals surface area contributed by atoms with Crippen molar-refractivity contribution in [3.8, 4) is 0 Å². The van der Waals surface area contributed by atoms with Crippen molar-refractivity contribution >= 4 is 21.6 Å². The molecule has 0 aliphatic rings. The zero-order valence-corrected chi connectivity index (χ0v) is 10.6. The predicted octanol–water partition coefficient (Wildman–Crippen LogP) is 3.41. The summed E-state index contributed by atoms with van der Waals surface area (Å²) >= 11 is 3.39. The zero-order valence-electron chi connectivity index (χ0n) is 9.04. The minimum Gasteiger partial charge on any atom is -0.394 e. The number of nitrogens with one attached hydrogen (secondary N) is 1. The number of hydrogen-bond acceptors (Lipinski definition) is 2. The molecule has 0 spiro atoms. The Morgan fingerprint density at radius 2 is 2.00 bits per heavy atom. The monoisotopic (exact) mass is 271 g/mol. The van der Waals surface area contributed by atoms with E-state index in [1.54, 1.807) is 0 Å². The van der Waals surface area contributed by atoms with Gasteiger partial charge in [0.15, 0.2) is 0 Å². The number of hydrogen-bond donors (Lipinski definition) is 2. The van der Waals surface area contributed by atoms with Gasteiger partial charge in [0.05, 0.1) is 6.61 Å². The van der Waals surface area contributed by atoms with Gasteiger partial charge in [-0.3, -0.25) is 0 Å². The second-order valence-electron chi connectivity index (χ2n) is 3.67.